The zero-order valence-corrected chi connectivity index (χ0v) is 19.0. The molecule has 0 saturated carbocycles. The van der Waals surface area contributed by atoms with Crippen LogP contribution in [0.2, 0.25) is 0 Å². The number of benzene rings is 1. The number of rotatable bonds is 9. The summed E-state index contributed by atoms with van der Waals surface area (Å²) in [6.07, 6.45) is 8.10. The maximum Gasteiger partial charge on any atom is 0.335 e. The van der Waals surface area contributed by atoms with Gasteiger partial charge in [-0.05, 0) is 54.9 Å². The molecule has 1 aromatic heterocycles. The van der Waals surface area contributed by atoms with Gasteiger partial charge in [0.2, 0.25) is 5.17 Å². The first kappa shape index (κ1) is 22.7. The van der Waals surface area contributed by atoms with Crippen molar-refractivity contribution < 1.29 is 19.1 Å². The van der Waals surface area contributed by atoms with Gasteiger partial charge < -0.3 is 9.52 Å². The Balaban J connectivity index is 1.47. The number of amidine groups is 2. The predicted molar refractivity (Wildman–Crippen MR) is 129 cm³/mol. The second-order valence-electron chi connectivity index (χ2n) is 7.76. The molecule has 170 valence electrons. The molecule has 2 aliphatic heterocycles. The molecule has 0 atom stereocenters. The summed E-state index contributed by atoms with van der Waals surface area (Å²) in [7, 11) is 0. The molecule has 8 nitrogen and oxygen atoms in total. The Morgan fingerprint density at radius 2 is 1.91 bits per heavy atom. The summed E-state index contributed by atoms with van der Waals surface area (Å²) in [5, 5.41) is 24.7. The number of amides is 1. The molecule has 2 N–H and O–H groups in total. The molecule has 33 heavy (non-hydrogen) atoms. The molecular formula is C24H24N4O4S. The lowest BCUT2D eigenvalue weighted by atomic mass is 10.1. The summed E-state index contributed by atoms with van der Waals surface area (Å²) < 4.78 is 5.81. The molecule has 2 aliphatic rings. The normalized spacial score (nSPS) is 16.8. The lowest BCUT2D eigenvalue weighted by Crippen LogP contribution is -2.35. The third kappa shape index (κ3) is 5.14. The summed E-state index contributed by atoms with van der Waals surface area (Å²) in [4.78, 5) is 27.7. The Hall–Kier alpha value is -3.46. The van der Waals surface area contributed by atoms with Gasteiger partial charge in [0.25, 0.3) is 5.91 Å². The number of furan rings is 1. The number of nitrogens with zero attached hydrogens (tertiary/aromatic N) is 3. The van der Waals surface area contributed by atoms with Crippen molar-refractivity contribution in [3.05, 3.63) is 53.3 Å². The summed E-state index contributed by atoms with van der Waals surface area (Å²) in [5.41, 5.74) is 1.00. The van der Waals surface area contributed by atoms with E-state index in [2.05, 4.69) is 17.0 Å². The highest BCUT2D eigenvalue weighted by Gasteiger charge is 2.35. The van der Waals surface area contributed by atoms with E-state index in [1.807, 2.05) is 0 Å². The quantitative estimate of drug-likeness (QED) is 0.367. The van der Waals surface area contributed by atoms with E-state index in [1.54, 1.807) is 24.3 Å². The Labute approximate surface area is 195 Å². The molecule has 0 unspecified atom stereocenters. The minimum atomic E-state index is -0.997. The van der Waals surface area contributed by atoms with E-state index in [4.69, 9.17) is 14.9 Å². The number of aliphatic imine (C=N–C) groups is 1. The van der Waals surface area contributed by atoms with Gasteiger partial charge in [-0.2, -0.15) is 15.1 Å². The van der Waals surface area contributed by atoms with Crippen molar-refractivity contribution in [2.75, 3.05) is 0 Å². The number of thioether (sulfide) groups is 1. The zero-order valence-electron chi connectivity index (χ0n) is 18.2. The number of hydrogen-bond donors (Lipinski definition) is 2. The van der Waals surface area contributed by atoms with Crippen molar-refractivity contribution in [3.63, 3.8) is 0 Å². The van der Waals surface area contributed by atoms with Crippen LogP contribution in [0.4, 0.5) is 0 Å². The van der Waals surface area contributed by atoms with Gasteiger partial charge in [-0.3, -0.25) is 10.2 Å². The minimum absolute atomic E-state index is 0.0257. The van der Waals surface area contributed by atoms with Crippen LogP contribution in [0.25, 0.3) is 17.4 Å². The van der Waals surface area contributed by atoms with E-state index in [-0.39, 0.29) is 17.0 Å². The zero-order chi connectivity index (χ0) is 23.4. The molecule has 0 saturated heterocycles. The van der Waals surface area contributed by atoms with Crippen LogP contribution in [0.1, 0.15) is 61.6 Å². The molecule has 4 rings (SSSR count). The smallest absolute Gasteiger partial charge is 0.335 e. The fourth-order valence-corrected chi connectivity index (χ4v) is 4.44. The second kappa shape index (κ2) is 9.99. The maximum absolute atomic E-state index is 12.6. The highest BCUT2D eigenvalue weighted by Crippen LogP contribution is 2.31. The van der Waals surface area contributed by atoms with Gasteiger partial charge in [0, 0.05) is 5.56 Å². The number of hydrogen-bond acceptors (Lipinski definition) is 6. The average molecular weight is 465 g/mol. The highest BCUT2D eigenvalue weighted by molar-refractivity contribution is 8.26. The molecule has 0 spiro atoms. The van der Waals surface area contributed by atoms with Crippen molar-refractivity contribution in [1.29, 1.82) is 5.41 Å². The fraction of sp³-hybridized carbons (Fsp3) is 0.292. The van der Waals surface area contributed by atoms with Crippen LogP contribution in [-0.2, 0) is 4.79 Å². The summed E-state index contributed by atoms with van der Waals surface area (Å²) in [5.74, 6) is -0.601. The third-order valence-electron chi connectivity index (χ3n) is 5.32. The van der Waals surface area contributed by atoms with E-state index >= 15 is 0 Å². The van der Waals surface area contributed by atoms with Gasteiger partial charge in [0.05, 0.1) is 11.1 Å². The van der Waals surface area contributed by atoms with Crippen molar-refractivity contribution in [3.8, 4) is 11.3 Å². The average Bonchev–Trinajstić information content (AvgIpc) is 3.44. The minimum Gasteiger partial charge on any atom is -0.478 e. The van der Waals surface area contributed by atoms with Crippen LogP contribution in [0.5, 0.6) is 0 Å². The Morgan fingerprint density at radius 3 is 2.64 bits per heavy atom. The number of carboxylic acid groups (broad SMARTS) is 1. The fourth-order valence-electron chi connectivity index (χ4n) is 3.52. The van der Waals surface area contributed by atoms with Crippen LogP contribution < -0.4 is 0 Å². The lowest BCUT2D eigenvalue weighted by Gasteiger charge is -2.19. The van der Waals surface area contributed by atoms with Crippen LogP contribution in [0.15, 0.2) is 56.5 Å². The van der Waals surface area contributed by atoms with E-state index in [1.165, 1.54) is 54.2 Å². The van der Waals surface area contributed by atoms with E-state index in [9.17, 15) is 9.59 Å². The molecule has 0 fully saturated rings. The number of nitrogens with one attached hydrogen (secondary N) is 1. The highest BCUT2D eigenvalue weighted by atomic mass is 32.2. The first-order valence-corrected chi connectivity index (χ1v) is 11.7. The van der Waals surface area contributed by atoms with Crippen molar-refractivity contribution in [2.24, 2.45) is 10.1 Å². The van der Waals surface area contributed by atoms with Gasteiger partial charge in [0.15, 0.2) is 5.84 Å². The molecule has 0 bridgehead atoms. The molecule has 1 aromatic carbocycles. The number of fused-ring (bicyclic) bond motifs is 1. The Bertz CT molecular complexity index is 1180. The monoisotopic (exact) mass is 464 g/mol. The summed E-state index contributed by atoms with van der Waals surface area (Å²) >= 11 is 1.35. The number of aromatic carboxylic acids is 1. The van der Waals surface area contributed by atoms with E-state index in [0.29, 0.717) is 22.3 Å². The first-order valence-electron chi connectivity index (χ1n) is 10.9. The molecule has 3 heterocycles. The third-order valence-corrected chi connectivity index (χ3v) is 6.29. The largest absolute Gasteiger partial charge is 0.478 e. The number of unbranched alkanes of at least 4 members (excludes halogenated alkanes) is 4. The predicted octanol–water partition coefficient (Wildman–Crippen LogP) is 5.62. The van der Waals surface area contributed by atoms with Gasteiger partial charge in [0.1, 0.15) is 16.6 Å². The van der Waals surface area contributed by atoms with Gasteiger partial charge >= 0.3 is 5.97 Å². The van der Waals surface area contributed by atoms with Crippen molar-refractivity contribution in [2.45, 2.75) is 45.4 Å². The second-order valence-corrected chi connectivity index (χ2v) is 8.80. The van der Waals surface area contributed by atoms with Gasteiger partial charge in [-0.15, -0.1) is 0 Å². The summed E-state index contributed by atoms with van der Waals surface area (Å²) in [6, 6.07) is 9.73. The molecular weight excluding hydrogens is 440 g/mol. The first-order chi connectivity index (χ1) is 16.0. The summed E-state index contributed by atoms with van der Waals surface area (Å²) in [6.45, 7) is 2.18. The number of carbonyl (C=O) groups is 2. The topological polar surface area (TPSA) is 119 Å². The van der Waals surface area contributed by atoms with Crippen molar-refractivity contribution in [1.82, 2.24) is 5.01 Å². The van der Waals surface area contributed by atoms with Gasteiger partial charge in [-0.1, -0.05) is 44.7 Å². The molecule has 0 aliphatic carbocycles. The molecule has 2 aromatic rings. The standard InChI is InChI=1S/C24H24N4O4S/c1-2-3-4-5-6-7-20-27-28-21(25)18(22(29)26-24(28)33-20)14-17-12-13-19(32-17)15-8-10-16(11-9-15)23(30)31/h8-14,25H,2-7H2,1H3,(H,30,31)/b18-14+,25-21?. The number of hydrazone groups is 1. The Morgan fingerprint density at radius 1 is 1.15 bits per heavy atom. The van der Waals surface area contributed by atoms with E-state index in [0.717, 1.165) is 24.3 Å². The van der Waals surface area contributed by atoms with Crippen LogP contribution in [0, 0.1) is 5.41 Å². The Kier molecular flexibility index (Phi) is 6.88. The molecule has 9 heteroatoms. The lowest BCUT2D eigenvalue weighted by molar-refractivity contribution is -0.114. The molecule has 0 radical (unpaired) electrons. The SMILES string of the molecule is CCCCCCCC1=NN2C(=N)/C(=C\c3ccc(-c4ccc(C(=O)O)cc4)o3)C(=O)N=C2S1. The van der Waals surface area contributed by atoms with Crippen LogP contribution in [0.3, 0.4) is 0 Å². The van der Waals surface area contributed by atoms with E-state index < -0.39 is 11.9 Å². The van der Waals surface area contributed by atoms with Crippen LogP contribution >= 0.6 is 11.8 Å². The van der Waals surface area contributed by atoms with Crippen molar-refractivity contribution >= 4 is 45.8 Å². The number of carboxylic acids is 1. The van der Waals surface area contributed by atoms with Crippen LogP contribution in [-0.4, -0.2) is 38.0 Å². The maximum atomic E-state index is 12.6. The van der Waals surface area contributed by atoms with Gasteiger partial charge in [-0.25, -0.2) is 4.79 Å². The molecule has 1 amide bonds. The number of carbonyl (C=O) groups excluding carboxylic acids is 1.